The highest BCUT2D eigenvalue weighted by Crippen LogP contribution is 2.34. The number of para-hydroxylation sites is 1. The molecular weight excluding hydrogens is 608 g/mol. The summed E-state index contributed by atoms with van der Waals surface area (Å²) in [5.74, 6) is 0.0671. The highest BCUT2D eigenvalue weighted by atomic mass is 35.5. The number of piperazine rings is 1. The minimum absolute atomic E-state index is 0.219. The fourth-order valence-electron chi connectivity index (χ4n) is 5.66. The first kappa shape index (κ1) is 30.6. The molecule has 0 unspecified atom stereocenters. The van der Waals surface area contributed by atoms with Crippen LogP contribution < -0.4 is 9.64 Å². The fraction of sp³-hybridized carbons (Fsp3) is 0.229. The third kappa shape index (κ3) is 6.65. The molecule has 0 saturated carbocycles. The second-order valence-electron chi connectivity index (χ2n) is 11.0. The Hall–Kier alpha value is -4.47. The summed E-state index contributed by atoms with van der Waals surface area (Å²) >= 11 is 7.12. The zero-order valence-electron chi connectivity index (χ0n) is 25.1. The van der Waals surface area contributed by atoms with Gasteiger partial charge in [-0.15, -0.1) is 0 Å². The van der Waals surface area contributed by atoms with Gasteiger partial charge in [-0.2, -0.15) is 0 Å². The minimum atomic E-state index is -0.439. The summed E-state index contributed by atoms with van der Waals surface area (Å²) in [6, 6.07) is 27.4. The van der Waals surface area contributed by atoms with Crippen LogP contribution in [0.3, 0.4) is 0 Å². The van der Waals surface area contributed by atoms with Gasteiger partial charge in [0.25, 0.3) is 11.1 Å². The predicted molar refractivity (Wildman–Crippen MR) is 179 cm³/mol. The monoisotopic (exact) mass is 640 g/mol. The largest absolute Gasteiger partial charge is 0.489 e. The van der Waals surface area contributed by atoms with Crippen molar-refractivity contribution in [1.29, 1.82) is 0 Å². The van der Waals surface area contributed by atoms with Crippen molar-refractivity contribution in [3.8, 4) is 11.4 Å². The first-order chi connectivity index (χ1) is 21.8. The highest BCUT2D eigenvalue weighted by molar-refractivity contribution is 8.18. The number of nitrogens with zero attached hydrogens (tertiary/aromatic N) is 4. The number of carbonyl (C=O) groups is 3. The number of benzene rings is 3. The number of thioether (sulfide) groups is 1. The van der Waals surface area contributed by atoms with E-state index in [1.807, 2.05) is 86.6 Å². The van der Waals surface area contributed by atoms with E-state index in [1.54, 1.807) is 11.0 Å². The van der Waals surface area contributed by atoms with Crippen molar-refractivity contribution >= 4 is 52.2 Å². The molecule has 6 rings (SSSR count). The van der Waals surface area contributed by atoms with Crippen molar-refractivity contribution in [3.05, 3.63) is 117 Å². The van der Waals surface area contributed by atoms with Crippen molar-refractivity contribution in [2.45, 2.75) is 20.5 Å². The standard InChI is InChI=1S/C35H33ClN4O4S/c1-24-20-27(25(2)40(24)29-12-14-30(15-13-29)44-23-26-8-6-7-11-31(26)36)21-32-34(42)39(35(43)45-32)22-33(41)38-18-16-37(17-19-38)28-9-4-3-5-10-28/h3-15,20-21H,16-19,22-23H2,1-2H3/b32-21+. The summed E-state index contributed by atoms with van der Waals surface area (Å²) in [6.07, 6.45) is 1.74. The molecule has 0 bridgehead atoms. The Morgan fingerprint density at radius 3 is 2.29 bits per heavy atom. The lowest BCUT2D eigenvalue weighted by atomic mass is 10.2. The molecule has 2 fully saturated rings. The molecule has 0 spiro atoms. The summed E-state index contributed by atoms with van der Waals surface area (Å²) in [6.45, 7) is 6.57. The van der Waals surface area contributed by atoms with Crippen molar-refractivity contribution < 1.29 is 19.1 Å². The molecule has 1 aromatic heterocycles. The molecule has 3 amide bonds. The summed E-state index contributed by atoms with van der Waals surface area (Å²) in [4.78, 5) is 44.5. The second-order valence-corrected chi connectivity index (χ2v) is 12.4. The molecule has 0 N–H and O–H groups in total. The normalized spacial score (nSPS) is 16.2. The Kier molecular flexibility index (Phi) is 9.00. The summed E-state index contributed by atoms with van der Waals surface area (Å²) in [7, 11) is 0. The Labute approximate surface area is 271 Å². The maximum absolute atomic E-state index is 13.3. The van der Waals surface area contributed by atoms with Crippen LogP contribution in [0.2, 0.25) is 5.02 Å². The smallest absolute Gasteiger partial charge is 0.294 e. The van der Waals surface area contributed by atoms with Crippen LogP contribution >= 0.6 is 23.4 Å². The molecule has 230 valence electrons. The molecule has 3 heterocycles. The zero-order valence-corrected chi connectivity index (χ0v) is 26.7. The number of hydrogen-bond donors (Lipinski definition) is 0. The summed E-state index contributed by atoms with van der Waals surface area (Å²) < 4.78 is 8.02. The number of rotatable bonds is 8. The third-order valence-electron chi connectivity index (χ3n) is 8.12. The number of anilines is 1. The van der Waals surface area contributed by atoms with Gasteiger partial charge in [0.2, 0.25) is 5.91 Å². The lowest BCUT2D eigenvalue weighted by molar-refractivity contribution is -0.136. The SMILES string of the molecule is Cc1cc(/C=C2/SC(=O)N(CC(=O)N3CCN(c4ccccc4)CC3)C2=O)c(C)n1-c1ccc(OCc2ccccc2Cl)cc1. The van der Waals surface area contributed by atoms with Gasteiger partial charge in [0.1, 0.15) is 18.9 Å². The van der Waals surface area contributed by atoms with Gasteiger partial charge in [-0.3, -0.25) is 19.3 Å². The second kappa shape index (κ2) is 13.3. The van der Waals surface area contributed by atoms with Crippen molar-refractivity contribution in [2.75, 3.05) is 37.6 Å². The number of halogens is 1. The minimum Gasteiger partial charge on any atom is -0.489 e. The van der Waals surface area contributed by atoms with Crippen molar-refractivity contribution in [3.63, 3.8) is 0 Å². The molecule has 0 atom stereocenters. The predicted octanol–water partition coefficient (Wildman–Crippen LogP) is 6.71. The number of aromatic nitrogens is 1. The van der Waals surface area contributed by atoms with Gasteiger partial charge in [-0.25, -0.2) is 0 Å². The average molecular weight is 641 g/mol. The number of ether oxygens (including phenoxy) is 1. The maximum Gasteiger partial charge on any atom is 0.294 e. The molecule has 45 heavy (non-hydrogen) atoms. The van der Waals surface area contributed by atoms with Gasteiger partial charge in [0.05, 0.1) is 4.91 Å². The van der Waals surface area contributed by atoms with Gasteiger partial charge in [-0.05, 0) is 85.8 Å². The van der Waals surface area contributed by atoms with Gasteiger partial charge >= 0.3 is 0 Å². The Morgan fingerprint density at radius 1 is 0.889 bits per heavy atom. The van der Waals surface area contributed by atoms with Crippen LogP contribution in [0.15, 0.2) is 89.8 Å². The lowest BCUT2D eigenvalue weighted by Crippen LogP contribution is -2.51. The van der Waals surface area contributed by atoms with Crippen LogP contribution in [0.1, 0.15) is 22.5 Å². The number of amides is 3. The van der Waals surface area contributed by atoms with E-state index in [0.717, 1.165) is 56.3 Å². The zero-order chi connectivity index (χ0) is 31.5. The Balaban J connectivity index is 1.09. The number of carbonyl (C=O) groups excluding carboxylic acids is 3. The summed E-state index contributed by atoms with van der Waals surface area (Å²) in [5, 5.41) is 0.242. The molecule has 0 radical (unpaired) electrons. The number of hydrogen-bond acceptors (Lipinski definition) is 6. The highest BCUT2D eigenvalue weighted by Gasteiger charge is 2.37. The van der Waals surface area contributed by atoms with Crippen molar-refractivity contribution in [1.82, 2.24) is 14.4 Å². The molecular formula is C35H33ClN4O4S. The maximum atomic E-state index is 13.3. The molecule has 2 aliphatic heterocycles. The van der Waals surface area contributed by atoms with Crippen LogP contribution in [0, 0.1) is 13.8 Å². The molecule has 2 aliphatic rings. The third-order valence-corrected chi connectivity index (χ3v) is 9.40. The topological polar surface area (TPSA) is 75.1 Å². The Bertz CT molecular complexity index is 1760. The first-order valence-electron chi connectivity index (χ1n) is 14.8. The van der Waals surface area contributed by atoms with Crippen LogP contribution in [-0.2, 0) is 16.2 Å². The Morgan fingerprint density at radius 2 is 1.58 bits per heavy atom. The first-order valence-corrected chi connectivity index (χ1v) is 16.0. The average Bonchev–Trinajstić information content (AvgIpc) is 3.49. The fourth-order valence-corrected chi connectivity index (χ4v) is 6.68. The van der Waals surface area contributed by atoms with Crippen LogP contribution in [-0.4, -0.2) is 64.1 Å². The van der Waals surface area contributed by atoms with E-state index < -0.39 is 11.1 Å². The van der Waals surface area contributed by atoms with Crippen LogP contribution in [0.25, 0.3) is 11.8 Å². The molecule has 3 aromatic carbocycles. The van der Waals surface area contributed by atoms with Crippen LogP contribution in [0.4, 0.5) is 10.5 Å². The van der Waals surface area contributed by atoms with Gasteiger partial charge < -0.3 is 19.1 Å². The van der Waals surface area contributed by atoms with Crippen molar-refractivity contribution in [2.24, 2.45) is 0 Å². The molecule has 8 nitrogen and oxygen atoms in total. The van der Waals surface area contributed by atoms with E-state index in [2.05, 4.69) is 21.6 Å². The summed E-state index contributed by atoms with van der Waals surface area (Å²) in [5.41, 5.74) is 5.72. The van der Waals surface area contributed by atoms with E-state index in [1.165, 1.54) is 0 Å². The van der Waals surface area contributed by atoms with E-state index in [9.17, 15) is 14.4 Å². The van der Waals surface area contributed by atoms with E-state index in [4.69, 9.17) is 16.3 Å². The van der Waals surface area contributed by atoms with Gasteiger partial charge in [-0.1, -0.05) is 48.0 Å². The molecule has 4 aromatic rings. The van der Waals surface area contributed by atoms with Gasteiger partial charge in [0, 0.05) is 59.5 Å². The lowest BCUT2D eigenvalue weighted by Gasteiger charge is -2.36. The molecule has 10 heteroatoms. The molecule has 0 aliphatic carbocycles. The van der Waals surface area contributed by atoms with E-state index in [-0.39, 0.29) is 12.5 Å². The van der Waals surface area contributed by atoms with E-state index >= 15 is 0 Å². The van der Waals surface area contributed by atoms with Crippen LogP contribution in [0.5, 0.6) is 5.75 Å². The van der Waals surface area contributed by atoms with E-state index in [0.29, 0.717) is 42.7 Å². The number of aryl methyl sites for hydroxylation is 1. The molecule has 2 saturated heterocycles. The van der Waals surface area contributed by atoms with Gasteiger partial charge in [0.15, 0.2) is 0 Å². The quantitative estimate of drug-likeness (QED) is 0.199. The number of imide groups is 1.